The van der Waals surface area contributed by atoms with Crippen molar-refractivity contribution in [3.63, 3.8) is 0 Å². The smallest absolute Gasteiger partial charge is 0.339 e. The van der Waals surface area contributed by atoms with Crippen LogP contribution in [0.5, 0.6) is 5.75 Å². The molecule has 0 saturated carbocycles. The summed E-state index contributed by atoms with van der Waals surface area (Å²) in [6.45, 7) is 10.4. The average Bonchev–Trinajstić information content (AvgIpc) is 2.65. The first-order chi connectivity index (χ1) is 13.1. The van der Waals surface area contributed by atoms with E-state index in [1.54, 1.807) is 32.9 Å². The minimum absolute atomic E-state index is 0.274. The highest BCUT2D eigenvalue weighted by molar-refractivity contribution is 5.87. The number of carboxylic acids is 1. The highest BCUT2D eigenvalue weighted by Crippen LogP contribution is 2.29. The van der Waals surface area contributed by atoms with E-state index in [0.29, 0.717) is 28.9 Å². The van der Waals surface area contributed by atoms with Crippen molar-refractivity contribution in [1.82, 2.24) is 5.32 Å². The first kappa shape index (κ1) is 21.5. The van der Waals surface area contributed by atoms with Gasteiger partial charge in [0.05, 0.1) is 12.0 Å². The van der Waals surface area contributed by atoms with Crippen LogP contribution < -0.4 is 20.8 Å². The number of ether oxygens (including phenoxy) is 1. The molecule has 1 aromatic heterocycles. The summed E-state index contributed by atoms with van der Waals surface area (Å²) in [4.78, 5) is 35.7. The molecule has 2 rings (SSSR count). The molecule has 0 aliphatic carbocycles. The zero-order valence-corrected chi connectivity index (χ0v) is 17.0. The molecular weight excluding hydrogens is 362 g/mol. The van der Waals surface area contributed by atoms with Crippen molar-refractivity contribution in [3.8, 4) is 5.75 Å². The number of carboxylic acid groups (broad SMARTS) is 1. The van der Waals surface area contributed by atoms with E-state index in [4.69, 9.17) is 9.15 Å². The number of rotatable bonds is 7. The zero-order chi connectivity index (χ0) is 21.2. The number of benzene rings is 1. The van der Waals surface area contributed by atoms with Crippen LogP contribution in [0.2, 0.25) is 0 Å². The van der Waals surface area contributed by atoms with Crippen LogP contribution in [0, 0.1) is 26.7 Å². The fraction of sp³-hybridized carbons (Fsp3) is 0.476. The number of carbonyl (C=O) groups excluding carboxylic acids is 2. The minimum atomic E-state index is -1.33. The molecule has 1 heterocycles. The van der Waals surface area contributed by atoms with Gasteiger partial charge in [0.1, 0.15) is 11.3 Å². The molecule has 2 aromatic rings. The molecule has 0 radical (unpaired) electrons. The Kier molecular flexibility index (Phi) is 6.48. The van der Waals surface area contributed by atoms with Crippen LogP contribution in [0.1, 0.15) is 43.9 Å². The highest BCUT2D eigenvalue weighted by atomic mass is 16.5. The Labute approximate surface area is 163 Å². The number of nitrogens with one attached hydrogen (secondary N) is 1. The number of hydrogen-bond acceptors (Lipinski definition) is 6. The summed E-state index contributed by atoms with van der Waals surface area (Å²) in [6.07, 6.45) is -0.365. The van der Waals surface area contributed by atoms with Crippen molar-refractivity contribution in [2.45, 2.75) is 60.1 Å². The van der Waals surface area contributed by atoms with Crippen LogP contribution in [-0.4, -0.2) is 24.0 Å². The van der Waals surface area contributed by atoms with Gasteiger partial charge in [-0.25, -0.2) is 4.79 Å². The Bertz CT molecular complexity index is 962. The van der Waals surface area contributed by atoms with Crippen LogP contribution in [0.4, 0.5) is 0 Å². The van der Waals surface area contributed by atoms with Crippen molar-refractivity contribution >= 4 is 22.8 Å². The molecule has 0 unspecified atom stereocenters. The maximum atomic E-state index is 12.4. The lowest BCUT2D eigenvalue weighted by atomic mass is 9.99. The second-order valence-corrected chi connectivity index (χ2v) is 7.16. The number of aryl methyl sites for hydroxylation is 2. The summed E-state index contributed by atoms with van der Waals surface area (Å²) >= 11 is 0. The van der Waals surface area contributed by atoms with Crippen LogP contribution in [0.25, 0.3) is 11.0 Å². The largest absolute Gasteiger partial charge is 0.548 e. The van der Waals surface area contributed by atoms with Crippen molar-refractivity contribution < 1.29 is 23.8 Å². The second kappa shape index (κ2) is 8.46. The molecule has 1 N–H and O–H groups in total. The molecule has 7 nitrogen and oxygen atoms in total. The van der Waals surface area contributed by atoms with Gasteiger partial charge < -0.3 is 24.4 Å². The number of hydrogen-bond donors (Lipinski definition) is 1. The fourth-order valence-electron chi connectivity index (χ4n) is 2.94. The molecule has 3 atom stereocenters. The topological polar surface area (TPSA) is 109 Å². The molecule has 0 aliphatic heterocycles. The molecular formula is C21H26NO6-. The quantitative estimate of drug-likeness (QED) is 0.724. The van der Waals surface area contributed by atoms with Crippen LogP contribution in [-0.2, 0) is 9.59 Å². The average molecular weight is 388 g/mol. The van der Waals surface area contributed by atoms with E-state index in [2.05, 4.69) is 5.32 Å². The van der Waals surface area contributed by atoms with Gasteiger partial charge in [-0.1, -0.05) is 20.3 Å². The lowest BCUT2D eigenvalue weighted by Gasteiger charge is -2.27. The Hall–Kier alpha value is -2.83. The first-order valence-corrected chi connectivity index (χ1v) is 9.29. The van der Waals surface area contributed by atoms with Gasteiger partial charge in [0.25, 0.3) is 5.91 Å². The van der Waals surface area contributed by atoms with E-state index >= 15 is 0 Å². The summed E-state index contributed by atoms with van der Waals surface area (Å²) < 4.78 is 11.1. The van der Waals surface area contributed by atoms with Gasteiger partial charge >= 0.3 is 5.63 Å². The van der Waals surface area contributed by atoms with Crippen LogP contribution in [0.3, 0.4) is 0 Å². The molecule has 1 aromatic carbocycles. The molecule has 28 heavy (non-hydrogen) atoms. The summed E-state index contributed by atoms with van der Waals surface area (Å²) in [7, 11) is 0. The Balaban J connectivity index is 2.27. The van der Waals surface area contributed by atoms with E-state index in [0.717, 1.165) is 10.9 Å². The highest BCUT2D eigenvalue weighted by Gasteiger charge is 2.24. The van der Waals surface area contributed by atoms with Gasteiger partial charge in [-0.05, 0) is 51.3 Å². The van der Waals surface area contributed by atoms with Crippen LogP contribution in [0.15, 0.2) is 21.3 Å². The fourth-order valence-corrected chi connectivity index (χ4v) is 2.94. The maximum Gasteiger partial charge on any atom is 0.339 e. The second-order valence-electron chi connectivity index (χ2n) is 7.16. The summed E-state index contributed by atoms with van der Waals surface area (Å²) in [6, 6.07) is 2.39. The van der Waals surface area contributed by atoms with E-state index in [1.165, 1.54) is 6.92 Å². The predicted octanol–water partition coefficient (Wildman–Crippen LogP) is 1.77. The summed E-state index contributed by atoms with van der Waals surface area (Å²) in [5.41, 5.74) is 1.96. The molecule has 0 aliphatic rings. The van der Waals surface area contributed by atoms with Gasteiger partial charge in [0.2, 0.25) is 0 Å². The maximum absolute atomic E-state index is 12.4. The van der Waals surface area contributed by atoms with E-state index in [9.17, 15) is 19.5 Å². The zero-order valence-electron chi connectivity index (χ0n) is 17.0. The summed E-state index contributed by atoms with van der Waals surface area (Å²) in [5.74, 6) is -1.78. The molecule has 7 heteroatoms. The van der Waals surface area contributed by atoms with Gasteiger partial charge in [0, 0.05) is 16.5 Å². The Morgan fingerprint density at radius 1 is 1.14 bits per heavy atom. The third-order valence-electron chi connectivity index (χ3n) is 5.26. The molecule has 0 fully saturated rings. The van der Waals surface area contributed by atoms with Crippen molar-refractivity contribution in [1.29, 1.82) is 0 Å². The minimum Gasteiger partial charge on any atom is -0.548 e. The Morgan fingerprint density at radius 3 is 2.36 bits per heavy atom. The predicted molar refractivity (Wildman–Crippen MR) is 103 cm³/mol. The molecule has 0 saturated heterocycles. The molecule has 152 valence electrons. The first-order valence-electron chi connectivity index (χ1n) is 9.29. The number of carbonyl (C=O) groups is 2. The van der Waals surface area contributed by atoms with Crippen molar-refractivity contribution in [3.05, 3.63) is 39.2 Å². The SMILES string of the molecule is CC[C@@H](C)[C@H](NC(=O)[C@@H](C)Oc1ccc2c(C)c(C)c(=O)oc2c1C)C(=O)[O-]. The third-order valence-corrected chi connectivity index (χ3v) is 5.26. The normalized spacial score (nSPS) is 14.4. The lowest BCUT2D eigenvalue weighted by molar-refractivity contribution is -0.309. The van der Waals surface area contributed by atoms with E-state index < -0.39 is 29.6 Å². The van der Waals surface area contributed by atoms with Gasteiger partial charge in [-0.3, -0.25) is 4.79 Å². The van der Waals surface area contributed by atoms with E-state index in [1.807, 2.05) is 13.8 Å². The van der Waals surface area contributed by atoms with Crippen LogP contribution >= 0.6 is 0 Å². The van der Waals surface area contributed by atoms with Crippen molar-refractivity contribution in [2.24, 2.45) is 5.92 Å². The van der Waals surface area contributed by atoms with Gasteiger partial charge in [0.15, 0.2) is 6.10 Å². The lowest BCUT2D eigenvalue weighted by Crippen LogP contribution is -2.54. The standard InChI is InChI=1S/C21H27NO6/c1-7-10(2)17(20(24)25)22-19(23)14(6)27-16-9-8-15-11(3)12(4)21(26)28-18(15)13(16)5/h8-10,14,17H,7H2,1-6H3,(H,22,23)(H,24,25)/p-1/t10-,14-,17+/m1/s1. The molecule has 1 amide bonds. The summed E-state index contributed by atoms with van der Waals surface area (Å²) in [5, 5.41) is 14.6. The Morgan fingerprint density at radius 2 is 1.79 bits per heavy atom. The number of aliphatic carboxylic acids is 1. The monoisotopic (exact) mass is 388 g/mol. The van der Waals surface area contributed by atoms with E-state index in [-0.39, 0.29) is 5.92 Å². The van der Waals surface area contributed by atoms with Gasteiger partial charge in [-0.2, -0.15) is 0 Å². The third kappa shape index (κ3) is 4.18. The molecule has 0 spiro atoms. The number of fused-ring (bicyclic) bond motifs is 1. The molecule has 0 bridgehead atoms. The number of amides is 1. The van der Waals surface area contributed by atoms with Gasteiger partial charge in [-0.15, -0.1) is 0 Å². The van der Waals surface area contributed by atoms with Crippen molar-refractivity contribution in [2.75, 3.05) is 0 Å².